The summed E-state index contributed by atoms with van der Waals surface area (Å²) in [6.07, 6.45) is 2.46. The number of hydrogen-bond donors (Lipinski definition) is 1. The zero-order valence-corrected chi connectivity index (χ0v) is 11.6. The quantitative estimate of drug-likeness (QED) is 0.726. The number of nitrogens with zero attached hydrogens (tertiary/aromatic N) is 2. The summed E-state index contributed by atoms with van der Waals surface area (Å²) >= 11 is 0. The highest BCUT2D eigenvalue weighted by Crippen LogP contribution is 2.05. The van der Waals surface area contributed by atoms with Crippen LogP contribution in [0.4, 0.5) is 0 Å². The average Bonchev–Trinajstić information content (AvgIpc) is 2.63. The number of hydrogen-bond acceptors (Lipinski definition) is 3. The van der Waals surface area contributed by atoms with Gasteiger partial charge in [0.1, 0.15) is 0 Å². The number of carbonyl (C=O) groups excluding carboxylic acids is 2. The van der Waals surface area contributed by atoms with Gasteiger partial charge in [0.15, 0.2) is 0 Å². The normalized spacial score (nSPS) is 16.6. The molecule has 5 nitrogen and oxygen atoms in total. The standard InChI is InChI=1S/C13H25N3O2/c1-3-6-14-11-13(18)16-8-5-7-15(9-10-16)12(17)4-2/h14H,3-11H2,1-2H3. The first kappa shape index (κ1) is 15.0. The Kier molecular flexibility index (Phi) is 6.72. The van der Waals surface area contributed by atoms with Gasteiger partial charge in [-0.15, -0.1) is 0 Å². The zero-order chi connectivity index (χ0) is 13.4. The molecule has 1 saturated heterocycles. The Balaban J connectivity index is 2.36. The molecule has 2 amide bonds. The fourth-order valence-electron chi connectivity index (χ4n) is 2.12. The maximum atomic E-state index is 11.9. The third-order valence-electron chi connectivity index (χ3n) is 3.21. The molecule has 1 heterocycles. The van der Waals surface area contributed by atoms with E-state index in [9.17, 15) is 9.59 Å². The molecule has 0 saturated carbocycles. The fraction of sp³-hybridized carbons (Fsp3) is 0.846. The van der Waals surface area contributed by atoms with Crippen molar-refractivity contribution in [1.82, 2.24) is 15.1 Å². The highest BCUT2D eigenvalue weighted by Gasteiger charge is 2.20. The van der Waals surface area contributed by atoms with Crippen molar-refractivity contribution in [2.24, 2.45) is 0 Å². The van der Waals surface area contributed by atoms with Crippen LogP contribution in [-0.2, 0) is 9.59 Å². The van der Waals surface area contributed by atoms with Crippen molar-refractivity contribution in [3.63, 3.8) is 0 Å². The van der Waals surface area contributed by atoms with Crippen LogP contribution in [-0.4, -0.2) is 60.9 Å². The Morgan fingerprint density at radius 2 is 1.61 bits per heavy atom. The minimum atomic E-state index is 0.147. The Hall–Kier alpha value is -1.10. The second kappa shape index (κ2) is 8.08. The summed E-state index contributed by atoms with van der Waals surface area (Å²) in [6.45, 7) is 8.13. The van der Waals surface area contributed by atoms with Gasteiger partial charge in [0.25, 0.3) is 0 Å². The molecule has 0 unspecified atom stereocenters. The number of carbonyl (C=O) groups is 2. The summed E-state index contributed by atoms with van der Waals surface area (Å²) in [6, 6.07) is 0. The summed E-state index contributed by atoms with van der Waals surface area (Å²) in [7, 11) is 0. The number of rotatable bonds is 5. The van der Waals surface area contributed by atoms with E-state index in [-0.39, 0.29) is 11.8 Å². The van der Waals surface area contributed by atoms with Crippen LogP contribution in [0.15, 0.2) is 0 Å². The van der Waals surface area contributed by atoms with Gasteiger partial charge >= 0.3 is 0 Å². The van der Waals surface area contributed by atoms with E-state index in [1.165, 1.54) is 0 Å². The van der Waals surface area contributed by atoms with E-state index in [1.54, 1.807) is 0 Å². The van der Waals surface area contributed by atoms with Gasteiger partial charge in [-0.25, -0.2) is 0 Å². The van der Waals surface area contributed by atoms with Crippen LogP contribution in [0.5, 0.6) is 0 Å². The van der Waals surface area contributed by atoms with Gasteiger partial charge in [0.2, 0.25) is 11.8 Å². The van der Waals surface area contributed by atoms with Crippen LogP contribution in [0.1, 0.15) is 33.1 Å². The highest BCUT2D eigenvalue weighted by atomic mass is 16.2. The number of nitrogens with one attached hydrogen (secondary N) is 1. The molecule has 18 heavy (non-hydrogen) atoms. The third kappa shape index (κ3) is 4.64. The van der Waals surface area contributed by atoms with E-state index in [0.717, 1.165) is 32.5 Å². The zero-order valence-electron chi connectivity index (χ0n) is 11.6. The second-order valence-corrected chi connectivity index (χ2v) is 4.65. The Labute approximate surface area is 110 Å². The van der Waals surface area contributed by atoms with E-state index in [2.05, 4.69) is 12.2 Å². The first-order valence-electron chi connectivity index (χ1n) is 6.95. The summed E-state index contributed by atoms with van der Waals surface area (Å²) in [5.74, 6) is 0.336. The van der Waals surface area contributed by atoms with Crippen LogP contribution in [0, 0.1) is 0 Å². The molecule has 0 atom stereocenters. The molecule has 1 aliphatic heterocycles. The third-order valence-corrected chi connectivity index (χ3v) is 3.21. The van der Waals surface area contributed by atoms with Crippen LogP contribution in [0.2, 0.25) is 0 Å². The average molecular weight is 255 g/mol. The maximum absolute atomic E-state index is 11.9. The van der Waals surface area contributed by atoms with Crippen molar-refractivity contribution < 1.29 is 9.59 Å². The van der Waals surface area contributed by atoms with Crippen molar-refractivity contribution in [2.75, 3.05) is 39.3 Å². The molecule has 1 rings (SSSR count). The monoisotopic (exact) mass is 255 g/mol. The summed E-state index contributed by atoms with van der Waals surface area (Å²) in [5, 5.41) is 3.13. The predicted octanol–water partition coefficient (Wildman–Crippen LogP) is 0.457. The van der Waals surface area contributed by atoms with E-state index in [4.69, 9.17) is 0 Å². The molecule has 1 aliphatic rings. The molecule has 0 aromatic carbocycles. The largest absolute Gasteiger partial charge is 0.341 e. The Bertz CT molecular complexity index is 281. The van der Waals surface area contributed by atoms with Crippen molar-refractivity contribution in [2.45, 2.75) is 33.1 Å². The SMILES string of the molecule is CCCNCC(=O)N1CCCN(C(=O)CC)CC1. The van der Waals surface area contributed by atoms with E-state index >= 15 is 0 Å². The van der Waals surface area contributed by atoms with Gasteiger partial charge in [-0.1, -0.05) is 13.8 Å². The molecule has 0 radical (unpaired) electrons. The molecule has 5 heteroatoms. The summed E-state index contributed by atoms with van der Waals surface area (Å²) < 4.78 is 0. The molecular weight excluding hydrogens is 230 g/mol. The lowest BCUT2D eigenvalue weighted by atomic mass is 10.3. The maximum Gasteiger partial charge on any atom is 0.236 e. The minimum absolute atomic E-state index is 0.147. The summed E-state index contributed by atoms with van der Waals surface area (Å²) in [5.41, 5.74) is 0. The van der Waals surface area contributed by atoms with Gasteiger partial charge in [0.05, 0.1) is 6.54 Å². The lowest BCUT2D eigenvalue weighted by Gasteiger charge is -2.22. The predicted molar refractivity (Wildman–Crippen MR) is 71.2 cm³/mol. The molecular formula is C13H25N3O2. The van der Waals surface area contributed by atoms with Crippen LogP contribution >= 0.6 is 0 Å². The molecule has 0 aromatic rings. The smallest absolute Gasteiger partial charge is 0.236 e. The molecule has 0 aromatic heterocycles. The van der Waals surface area contributed by atoms with Gasteiger partial charge in [0, 0.05) is 32.6 Å². The van der Waals surface area contributed by atoms with Crippen LogP contribution in [0.3, 0.4) is 0 Å². The van der Waals surface area contributed by atoms with Crippen LogP contribution in [0.25, 0.3) is 0 Å². The lowest BCUT2D eigenvalue weighted by molar-refractivity contribution is -0.132. The van der Waals surface area contributed by atoms with Crippen molar-refractivity contribution in [3.05, 3.63) is 0 Å². The summed E-state index contributed by atoms with van der Waals surface area (Å²) in [4.78, 5) is 27.3. The van der Waals surface area contributed by atoms with Gasteiger partial charge in [-0.05, 0) is 19.4 Å². The molecule has 104 valence electrons. The van der Waals surface area contributed by atoms with Gasteiger partial charge in [-0.3, -0.25) is 9.59 Å². The minimum Gasteiger partial charge on any atom is -0.341 e. The van der Waals surface area contributed by atoms with Gasteiger partial charge < -0.3 is 15.1 Å². The lowest BCUT2D eigenvalue weighted by Crippen LogP contribution is -2.41. The van der Waals surface area contributed by atoms with Crippen molar-refractivity contribution in [1.29, 1.82) is 0 Å². The first-order chi connectivity index (χ1) is 8.69. The molecule has 0 aliphatic carbocycles. The highest BCUT2D eigenvalue weighted by molar-refractivity contribution is 5.79. The molecule has 1 N–H and O–H groups in total. The fourth-order valence-corrected chi connectivity index (χ4v) is 2.12. The Morgan fingerprint density at radius 1 is 1.00 bits per heavy atom. The number of amides is 2. The van der Waals surface area contributed by atoms with Crippen LogP contribution < -0.4 is 5.32 Å². The van der Waals surface area contributed by atoms with E-state index < -0.39 is 0 Å². The molecule has 0 spiro atoms. The molecule has 0 bridgehead atoms. The Morgan fingerprint density at radius 3 is 2.17 bits per heavy atom. The second-order valence-electron chi connectivity index (χ2n) is 4.65. The van der Waals surface area contributed by atoms with Gasteiger partial charge in [-0.2, -0.15) is 0 Å². The van der Waals surface area contributed by atoms with E-state index in [0.29, 0.717) is 26.1 Å². The van der Waals surface area contributed by atoms with E-state index in [1.807, 2.05) is 16.7 Å². The first-order valence-corrected chi connectivity index (χ1v) is 6.95. The van der Waals surface area contributed by atoms with Crippen molar-refractivity contribution >= 4 is 11.8 Å². The van der Waals surface area contributed by atoms with Crippen molar-refractivity contribution in [3.8, 4) is 0 Å². The topological polar surface area (TPSA) is 52.7 Å². The molecule has 1 fully saturated rings.